The SMILES string of the molecule is COCCNCc1ccc(N2CCCC2)cc1. The van der Waals surface area contributed by atoms with Crippen LogP contribution in [0.2, 0.25) is 0 Å². The van der Waals surface area contributed by atoms with Crippen LogP contribution in [0.5, 0.6) is 0 Å². The highest BCUT2D eigenvalue weighted by Gasteiger charge is 2.11. The van der Waals surface area contributed by atoms with Crippen molar-refractivity contribution in [3.63, 3.8) is 0 Å². The van der Waals surface area contributed by atoms with E-state index in [1.165, 1.54) is 37.2 Å². The Balaban J connectivity index is 1.80. The van der Waals surface area contributed by atoms with Crippen LogP contribution in [0.15, 0.2) is 24.3 Å². The summed E-state index contributed by atoms with van der Waals surface area (Å²) in [5.74, 6) is 0. The number of rotatable bonds is 6. The topological polar surface area (TPSA) is 24.5 Å². The minimum absolute atomic E-state index is 0.770. The lowest BCUT2D eigenvalue weighted by Crippen LogP contribution is -2.19. The van der Waals surface area contributed by atoms with Gasteiger partial charge in [0.1, 0.15) is 0 Å². The Labute approximate surface area is 104 Å². The summed E-state index contributed by atoms with van der Waals surface area (Å²) in [5.41, 5.74) is 2.70. The van der Waals surface area contributed by atoms with Crippen LogP contribution < -0.4 is 10.2 Å². The van der Waals surface area contributed by atoms with Crippen LogP contribution in [-0.2, 0) is 11.3 Å². The molecule has 1 heterocycles. The number of hydrogen-bond donors (Lipinski definition) is 1. The van der Waals surface area contributed by atoms with Gasteiger partial charge in [0.05, 0.1) is 6.61 Å². The summed E-state index contributed by atoms with van der Waals surface area (Å²) < 4.78 is 5.00. The Morgan fingerprint density at radius 1 is 1.18 bits per heavy atom. The molecule has 1 saturated heterocycles. The standard InChI is InChI=1S/C14H22N2O/c1-17-11-8-15-12-13-4-6-14(7-5-13)16-9-2-3-10-16/h4-7,15H,2-3,8-12H2,1H3. The molecule has 1 fully saturated rings. The molecule has 0 amide bonds. The Hall–Kier alpha value is -1.06. The monoisotopic (exact) mass is 234 g/mol. The minimum atomic E-state index is 0.770. The van der Waals surface area contributed by atoms with Gasteiger partial charge in [0, 0.05) is 39.0 Å². The van der Waals surface area contributed by atoms with E-state index in [-0.39, 0.29) is 0 Å². The molecule has 1 aliphatic rings. The first-order valence-electron chi connectivity index (χ1n) is 6.44. The second kappa shape index (κ2) is 6.62. The molecule has 0 saturated carbocycles. The largest absolute Gasteiger partial charge is 0.383 e. The fourth-order valence-electron chi connectivity index (χ4n) is 2.21. The van der Waals surface area contributed by atoms with Crippen molar-refractivity contribution < 1.29 is 4.74 Å². The smallest absolute Gasteiger partial charge is 0.0587 e. The van der Waals surface area contributed by atoms with Crippen LogP contribution in [0.3, 0.4) is 0 Å². The molecule has 0 radical (unpaired) electrons. The zero-order chi connectivity index (χ0) is 11.9. The summed E-state index contributed by atoms with van der Waals surface area (Å²) in [6.07, 6.45) is 2.67. The van der Waals surface area contributed by atoms with Gasteiger partial charge in [-0.05, 0) is 30.5 Å². The number of nitrogens with zero attached hydrogens (tertiary/aromatic N) is 1. The number of methoxy groups -OCH3 is 1. The van der Waals surface area contributed by atoms with E-state index in [4.69, 9.17) is 4.74 Å². The third-order valence-corrected chi connectivity index (χ3v) is 3.22. The average Bonchev–Trinajstić information content (AvgIpc) is 2.89. The van der Waals surface area contributed by atoms with Crippen molar-refractivity contribution in [2.75, 3.05) is 38.3 Å². The lowest BCUT2D eigenvalue weighted by molar-refractivity contribution is 0.199. The minimum Gasteiger partial charge on any atom is -0.383 e. The maximum atomic E-state index is 5.00. The maximum Gasteiger partial charge on any atom is 0.0587 e. The summed E-state index contributed by atoms with van der Waals surface area (Å²) in [7, 11) is 1.73. The van der Waals surface area contributed by atoms with E-state index in [9.17, 15) is 0 Å². The molecule has 0 aliphatic carbocycles. The van der Waals surface area contributed by atoms with Crippen molar-refractivity contribution in [2.24, 2.45) is 0 Å². The highest BCUT2D eigenvalue weighted by Crippen LogP contribution is 2.20. The first-order valence-corrected chi connectivity index (χ1v) is 6.44. The molecule has 1 aliphatic heterocycles. The van der Waals surface area contributed by atoms with E-state index < -0.39 is 0 Å². The van der Waals surface area contributed by atoms with Crippen LogP contribution >= 0.6 is 0 Å². The van der Waals surface area contributed by atoms with E-state index in [2.05, 4.69) is 34.5 Å². The molecule has 0 aromatic heterocycles. The predicted molar refractivity (Wildman–Crippen MR) is 71.5 cm³/mol. The molecule has 3 nitrogen and oxygen atoms in total. The zero-order valence-corrected chi connectivity index (χ0v) is 10.6. The highest BCUT2D eigenvalue weighted by molar-refractivity contribution is 5.48. The molecule has 0 spiro atoms. The van der Waals surface area contributed by atoms with Crippen LogP contribution in [0.4, 0.5) is 5.69 Å². The van der Waals surface area contributed by atoms with Gasteiger partial charge in [-0.2, -0.15) is 0 Å². The maximum absolute atomic E-state index is 5.00. The highest BCUT2D eigenvalue weighted by atomic mass is 16.5. The molecule has 94 valence electrons. The van der Waals surface area contributed by atoms with Gasteiger partial charge < -0.3 is 15.0 Å². The van der Waals surface area contributed by atoms with Crippen LogP contribution in [0, 0.1) is 0 Å². The first-order chi connectivity index (χ1) is 8.40. The van der Waals surface area contributed by atoms with Gasteiger partial charge in [0.2, 0.25) is 0 Å². The van der Waals surface area contributed by atoms with Gasteiger partial charge in [-0.1, -0.05) is 12.1 Å². The van der Waals surface area contributed by atoms with Gasteiger partial charge in [0.15, 0.2) is 0 Å². The molecule has 1 aromatic rings. The molecule has 1 aromatic carbocycles. The van der Waals surface area contributed by atoms with E-state index >= 15 is 0 Å². The van der Waals surface area contributed by atoms with Gasteiger partial charge >= 0.3 is 0 Å². The number of ether oxygens (including phenoxy) is 1. The Morgan fingerprint density at radius 3 is 2.53 bits per heavy atom. The van der Waals surface area contributed by atoms with Gasteiger partial charge in [-0.25, -0.2) is 0 Å². The number of hydrogen-bond acceptors (Lipinski definition) is 3. The summed E-state index contributed by atoms with van der Waals surface area (Å²) in [6, 6.07) is 8.90. The van der Waals surface area contributed by atoms with Gasteiger partial charge in [-0.15, -0.1) is 0 Å². The van der Waals surface area contributed by atoms with E-state index in [1.54, 1.807) is 7.11 Å². The lowest BCUT2D eigenvalue weighted by Gasteiger charge is -2.17. The zero-order valence-electron chi connectivity index (χ0n) is 10.6. The van der Waals surface area contributed by atoms with E-state index in [0.29, 0.717) is 0 Å². The van der Waals surface area contributed by atoms with Crippen molar-refractivity contribution in [1.82, 2.24) is 5.32 Å². The Kier molecular flexibility index (Phi) is 4.83. The fraction of sp³-hybridized carbons (Fsp3) is 0.571. The second-order valence-corrected chi connectivity index (χ2v) is 4.53. The summed E-state index contributed by atoms with van der Waals surface area (Å²) in [6.45, 7) is 5.02. The molecule has 0 bridgehead atoms. The summed E-state index contributed by atoms with van der Waals surface area (Å²) in [5, 5.41) is 3.35. The fourth-order valence-corrected chi connectivity index (χ4v) is 2.21. The predicted octanol–water partition coefficient (Wildman–Crippen LogP) is 2.02. The van der Waals surface area contributed by atoms with E-state index in [0.717, 1.165) is 19.7 Å². The quantitative estimate of drug-likeness (QED) is 0.762. The van der Waals surface area contributed by atoms with Crippen molar-refractivity contribution in [1.29, 1.82) is 0 Å². The Morgan fingerprint density at radius 2 is 1.88 bits per heavy atom. The van der Waals surface area contributed by atoms with Crippen LogP contribution in [0.25, 0.3) is 0 Å². The summed E-state index contributed by atoms with van der Waals surface area (Å²) >= 11 is 0. The van der Waals surface area contributed by atoms with Crippen molar-refractivity contribution in [3.05, 3.63) is 29.8 Å². The molecule has 0 atom stereocenters. The average molecular weight is 234 g/mol. The second-order valence-electron chi connectivity index (χ2n) is 4.53. The summed E-state index contributed by atoms with van der Waals surface area (Å²) in [4.78, 5) is 2.46. The number of benzene rings is 1. The third-order valence-electron chi connectivity index (χ3n) is 3.22. The molecular formula is C14H22N2O. The van der Waals surface area contributed by atoms with Gasteiger partial charge in [-0.3, -0.25) is 0 Å². The van der Waals surface area contributed by atoms with Crippen molar-refractivity contribution in [3.8, 4) is 0 Å². The molecular weight excluding hydrogens is 212 g/mol. The molecule has 1 N–H and O–H groups in total. The molecule has 0 unspecified atom stereocenters. The Bertz CT molecular complexity index is 317. The van der Waals surface area contributed by atoms with Crippen molar-refractivity contribution in [2.45, 2.75) is 19.4 Å². The normalized spacial score (nSPS) is 15.5. The van der Waals surface area contributed by atoms with Gasteiger partial charge in [0.25, 0.3) is 0 Å². The molecule has 2 rings (SSSR count). The van der Waals surface area contributed by atoms with Crippen molar-refractivity contribution >= 4 is 5.69 Å². The number of anilines is 1. The molecule has 3 heteroatoms. The van der Waals surface area contributed by atoms with Crippen LogP contribution in [-0.4, -0.2) is 33.4 Å². The van der Waals surface area contributed by atoms with Crippen LogP contribution in [0.1, 0.15) is 18.4 Å². The third kappa shape index (κ3) is 3.72. The first kappa shape index (κ1) is 12.4. The molecule has 17 heavy (non-hydrogen) atoms. The van der Waals surface area contributed by atoms with E-state index in [1.807, 2.05) is 0 Å². The number of nitrogens with one attached hydrogen (secondary N) is 1. The lowest BCUT2D eigenvalue weighted by atomic mass is 10.2.